The minimum Gasteiger partial charge on any atom is -0.376 e. The molecule has 0 saturated carbocycles. The highest BCUT2D eigenvalue weighted by Gasteiger charge is 1.97. The minimum atomic E-state index is -0.634. The molecule has 0 rings (SSSR count). The molecular formula is C4H12N2O2. The monoisotopic (exact) mass is 120 g/mol. The van der Waals surface area contributed by atoms with Gasteiger partial charge in [-0.25, -0.2) is 5.90 Å². The smallest absolute Gasteiger partial charge is 0.130 e. The van der Waals surface area contributed by atoms with Gasteiger partial charge < -0.3 is 9.94 Å². The van der Waals surface area contributed by atoms with E-state index >= 15 is 0 Å². The fourth-order valence-corrected chi connectivity index (χ4v) is 0.386. The van der Waals surface area contributed by atoms with Crippen molar-refractivity contribution in [3.8, 4) is 0 Å². The Kier molecular flexibility index (Phi) is 4.89. The predicted octanol–water partition coefficient (Wildman–Crippen LogP) is -1.20. The molecular weight excluding hydrogens is 108 g/mol. The van der Waals surface area contributed by atoms with Gasteiger partial charge in [0.15, 0.2) is 0 Å². The molecule has 0 aromatic heterocycles. The topological polar surface area (TPSA) is 67.5 Å². The predicted molar refractivity (Wildman–Crippen MR) is 29.8 cm³/mol. The molecule has 0 spiro atoms. The Morgan fingerprint density at radius 3 is 2.88 bits per heavy atom. The standard InChI is InChI=1S/C4H12N2O2/c1-2-6-4(7)3-8-5/h4,6-7H,2-3,5H2,1H3. The van der Waals surface area contributed by atoms with Crippen LogP contribution in [0, 0.1) is 0 Å². The summed E-state index contributed by atoms with van der Waals surface area (Å²) in [5.74, 6) is 4.66. The van der Waals surface area contributed by atoms with Crippen molar-refractivity contribution < 1.29 is 9.94 Å². The van der Waals surface area contributed by atoms with Crippen molar-refractivity contribution in [1.29, 1.82) is 0 Å². The van der Waals surface area contributed by atoms with E-state index in [2.05, 4.69) is 16.1 Å². The highest BCUT2D eigenvalue weighted by atomic mass is 16.6. The van der Waals surface area contributed by atoms with Crippen LogP contribution in [0.2, 0.25) is 0 Å². The Morgan fingerprint density at radius 1 is 1.88 bits per heavy atom. The molecule has 0 fully saturated rings. The fraction of sp³-hybridized carbons (Fsp3) is 1.00. The second-order valence-electron chi connectivity index (χ2n) is 1.41. The zero-order valence-electron chi connectivity index (χ0n) is 4.92. The first kappa shape index (κ1) is 7.84. The van der Waals surface area contributed by atoms with Crippen molar-refractivity contribution >= 4 is 0 Å². The van der Waals surface area contributed by atoms with Gasteiger partial charge in [-0.15, -0.1) is 0 Å². The van der Waals surface area contributed by atoms with Gasteiger partial charge in [-0.2, -0.15) is 0 Å². The van der Waals surface area contributed by atoms with E-state index in [1.165, 1.54) is 0 Å². The lowest BCUT2D eigenvalue weighted by Crippen LogP contribution is -2.33. The van der Waals surface area contributed by atoms with Gasteiger partial charge in [0.2, 0.25) is 0 Å². The average Bonchev–Trinajstić information content (AvgIpc) is 1.68. The maximum absolute atomic E-state index is 8.73. The first-order valence-corrected chi connectivity index (χ1v) is 2.54. The zero-order valence-corrected chi connectivity index (χ0v) is 4.92. The number of rotatable bonds is 4. The number of hydrogen-bond acceptors (Lipinski definition) is 4. The van der Waals surface area contributed by atoms with Crippen molar-refractivity contribution in [3.05, 3.63) is 0 Å². The van der Waals surface area contributed by atoms with Crippen molar-refractivity contribution in [2.75, 3.05) is 13.2 Å². The number of nitrogens with one attached hydrogen (secondary N) is 1. The molecule has 0 bridgehead atoms. The molecule has 0 heterocycles. The summed E-state index contributed by atoms with van der Waals surface area (Å²) in [6.07, 6.45) is -0.634. The Hall–Kier alpha value is -0.160. The van der Waals surface area contributed by atoms with Crippen LogP contribution < -0.4 is 11.2 Å². The van der Waals surface area contributed by atoms with E-state index in [1.54, 1.807) is 0 Å². The summed E-state index contributed by atoms with van der Waals surface area (Å²) in [7, 11) is 0. The van der Waals surface area contributed by atoms with Gasteiger partial charge in [0.05, 0.1) is 0 Å². The van der Waals surface area contributed by atoms with Crippen LogP contribution in [-0.4, -0.2) is 24.5 Å². The molecule has 8 heavy (non-hydrogen) atoms. The lowest BCUT2D eigenvalue weighted by Gasteiger charge is -2.07. The second kappa shape index (κ2) is 4.99. The number of hydrogen-bond donors (Lipinski definition) is 3. The largest absolute Gasteiger partial charge is 0.376 e. The molecule has 1 unspecified atom stereocenters. The van der Waals surface area contributed by atoms with Gasteiger partial charge in [0, 0.05) is 0 Å². The molecule has 0 aliphatic rings. The summed E-state index contributed by atoms with van der Waals surface area (Å²) < 4.78 is 0. The molecule has 4 heteroatoms. The van der Waals surface area contributed by atoms with Crippen LogP contribution in [-0.2, 0) is 4.84 Å². The van der Waals surface area contributed by atoms with Crippen LogP contribution in [0.25, 0.3) is 0 Å². The summed E-state index contributed by atoms with van der Waals surface area (Å²) in [5.41, 5.74) is 0. The number of likely N-dealkylation sites (N-methyl/N-ethyl adjacent to an activating group) is 1. The van der Waals surface area contributed by atoms with Crippen LogP contribution in [0.3, 0.4) is 0 Å². The van der Waals surface area contributed by atoms with E-state index in [9.17, 15) is 0 Å². The highest BCUT2D eigenvalue weighted by molar-refractivity contribution is 4.45. The van der Waals surface area contributed by atoms with Gasteiger partial charge in [-0.1, -0.05) is 6.92 Å². The number of aliphatic hydroxyl groups excluding tert-OH is 1. The summed E-state index contributed by atoms with van der Waals surface area (Å²) >= 11 is 0. The van der Waals surface area contributed by atoms with Crippen LogP contribution >= 0.6 is 0 Å². The van der Waals surface area contributed by atoms with Gasteiger partial charge >= 0.3 is 0 Å². The van der Waals surface area contributed by atoms with Gasteiger partial charge in [-0.3, -0.25) is 5.32 Å². The van der Waals surface area contributed by atoms with E-state index in [1.807, 2.05) is 6.92 Å². The first-order valence-electron chi connectivity index (χ1n) is 2.54. The second-order valence-corrected chi connectivity index (χ2v) is 1.41. The third kappa shape index (κ3) is 4.01. The molecule has 0 aliphatic heterocycles. The summed E-state index contributed by atoms with van der Waals surface area (Å²) in [6, 6.07) is 0. The molecule has 0 aromatic rings. The van der Waals surface area contributed by atoms with Crippen molar-refractivity contribution in [2.24, 2.45) is 5.90 Å². The first-order chi connectivity index (χ1) is 3.81. The average molecular weight is 120 g/mol. The highest BCUT2D eigenvalue weighted by Crippen LogP contribution is 1.72. The third-order valence-electron chi connectivity index (χ3n) is 0.694. The molecule has 0 aromatic carbocycles. The van der Waals surface area contributed by atoms with Crippen molar-refractivity contribution in [3.63, 3.8) is 0 Å². The van der Waals surface area contributed by atoms with Gasteiger partial charge in [0.25, 0.3) is 0 Å². The quantitative estimate of drug-likeness (QED) is 0.322. The molecule has 0 aliphatic carbocycles. The Balaban J connectivity index is 2.92. The normalized spacial score (nSPS) is 13.9. The molecule has 50 valence electrons. The van der Waals surface area contributed by atoms with E-state index in [0.29, 0.717) is 6.54 Å². The third-order valence-corrected chi connectivity index (χ3v) is 0.694. The maximum Gasteiger partial charge on any atom is 0.130 e. The molecule has 4 N–H and O–H groups in total. The molecule has 0 saturated heterocycles. The van der Waals surface area contributed by atoms with Crippen molar-refractivity contribution in [2.45, 2.75) is 13.2 Å². The SMILES string of the molecule is CCNC(O)CON. The van der Waals surface area contributed by atoms with Crippen LogP contribution in [0.15, 0.2) is 0 Å². The van der Waals surface area contributed by atoms with E-state index in [4.69, 9.17) is 5.11 Å². The minimum absolute atomic E-state index is 0.133. The Labute approximate surface area is 48.6 Å². The van der Waals surface area contributed by atoms with E-state index < -0.39 is 6.23 Å². The van der Waals surface area contributed by atoms with Crippen LogP contribution in [0.4, 0.5) is 0 Å². The maximum atomic E-state index is 8.73. The molecule has 0 radical (unpaired) electrons. The van der Waals surface area contributed by atoms with Crippen LogP contribution in [0.5, 0.6) is 0 Å². The van der Waals surface area contributed by atoms with Crippen molar-refractivity contribution in [1.82, 2.24) is 5.32 Å². The van der Waals surface area contributed by atoms with E-state index in [0.717, 1.165) is 0 Å². The summed E-state index contributed by atoms with van der Waals surface area (Å²) in [4.78, 5) is 4.14. The van der Waals surface area contributed by atoms with Gasteiger partial charge in [-0.05, 0) is 6.54 Å². The lowest BCUT2D eigenvalue weighted by atomic mass is 10.6. The van der Waals surface area contributed by atoms with Gasteiger partial charge in [0.1, 0.15) is 12.8 Å². The zero-order chi connectivity index (χ0) is 6.41. The molecule has 1 atom stereocenters. The van der Waals surface area contributed by atoms with E-state index in [-0.39, 0.29) is 6.61 Å². The number of nitrogens with two attached hydrogens (primary N) is 1. The Morgan fingerprint density at radius 2 is 2.50 bits per heavy atom. The van der Waals surface area contributed by atoms with Crippen LogP contribution in [0.1, 0.15) is 6.92 Å². The lowest BCUT2D eigenvalue weighted by molar-refractivity contribution is 0.0194. The molecule has 4 nitrogen and oxygen atoms in total. The number of aliphatic hydroxyl groups is 1. The summed E-state index contributed by atoms with van der Waals surface area (Å²) in [6.45, 7) is 2.73. The Bertz CT molecular complexity index is 45.3. The fourth-order valence-electron chi connectivity index (χ4n) is 0.386. The molecule has 0 amide bonds. The summed E-state index contributed by atoms with van der Waals surface area (Å²) in [5, 5.41) is 11.4.